The van der Waals surface area contributed by atoms with E-state index in [1.165, 1.54) is 19.1 Å². The summed E-state index contributed by atoms with van der Waals surface area (Å²) in [4.78, 5) is 9.05. The summed E-state index contributed by atoms with van der Waals surface area (Å²) in [5, 5.41) is 0. The zero-order chi connectivity index (χ0) is 17.8. The monoisotopic (exact) mass is 367 g/mol. The van der Waals surface area contributed by atoms with Crippen molar-refractivity contribution in [2.45, 2.75) is 26.3 Å². The Morgan fingerprint density at radius 1 is 1.15 bits per heavy atom. The lowest BCUT2D eigenvalue weighted by Gasteiger charge is -2.10. The lowest BCUT2D eigenvalue weighted by atomic mass is 10.0. The van der Waals surface area contributed by atoms with Gasteiger partial charge in [0.15, 0.2) is 0 Å². The number of imidazole rings is 1. The van der Waals surface area contributed by atoms with Crippen molar-refractivity contribution in [3.63, 3.8) is 0 Å². The molecule has 0 saturated carbocycles. The molecule has 2 aromatic carbocycles. The molecule has 4 aromatic rings. The van der Waals surface area contributed by atoms with Gasteiger partial charge < -0.3 is 4.57 Å². The molecule has 0 fully saturated rings. The summed E-state index contributed by atoms with van der Waals surface area (Å²) in [6.07, 6.45) is 1.90. The summed E-state index contributed by atoms with van der Waals surface area (Å²) in [5.41, 5.74) is 5.62. The van der Waals surface area contributed by atoms with Gasteiger partial charge in [-0.2, -0.15) is 0 Å². The average molecular weight is 367 g/mol. The van der Waals surface area contributed by atoms with Gasteiger partial charge in [0.25, 0.3) is 0 Å². The Bertz CT molecular complexity index is 1160. The maximum absolute atomic E-state index is 14.8. The highest BCUT2D eigenvalue weighted by atomic mass is 32.1. The van der Waals surface area contributed by atoms with Crippen LogP contribution >= 0.6 is 11.3 Å². The van der Waals surface area contributed by atoms with Gasteiger partial charge in [0.1, 0.15) is 17.5 Å². The summed E-state index contributed by atoms with van der Waals surface area (Å²) < 4.78 is 31.8. The molecule has 0 N–H and O–H groups in total. The topological polar surface area (TPSA) is 30.7 Å². The predicted octanol–water partition coefficient (Wildman–Crippen LogP) is 5.36. The molecule has 1 aliphatic rings. The predicted molar refractivity (Wildman–Crippen MR) is 99.3 cm³/mol. The standard InChI is InChI=1S/C20H15F2N3S/c1-11-14(21)6-5-13(18(11)22)19-20(25-8-2-3-17(25)24-19)12-4-7-15-16(9-12)26-10-23-15/h4-7,9-10H,2-3,8H2,1H3. The molecule has 2 aromatic heterocycles. The number of aromatic nitrogens is 3. The average Bonchev–Trinajstić information content (AvgIpc) is 3.34. The Hall–Kier alpha value is -2.60. The molecular weight excluding hydrogens is 352 g/mol. The van der Waals surface area contributed by atoms with E-state index in [9.17, 15) is 8.78 Å². The number of nitrogens with zero attached hydrogens (tertiary/aromatic N) is 3. The number of aryl methyl sites for hydroxylation is 1. The van der Waals surface area contributed by atoms with Crippen molar-refractivity contribution in [3.05, 3.63) is 58.9 Å². The maximum atomic E-state index is 14.8. The highest BCUT2D eigenvalue weighted by molar-refractivity contribution is 7.16. The first kappa shape index (κ1) is 15.6. The quantitative estimate of drug-likeness (QED) is 0.477. The number of benzene rings is 2. The van der Waals surface area contributed by atoms with Crippen LogP contribution in [0.25, 0.3) is 32.7 Å². The Balaban J connectivity index is 1.79. The number of hydrogen-bond donors (Lipinski definition) is 0. The van der Waals surface area contributed by atoms with Gasteiger partial charge in [-0.15, -0.1) is 11.3 Å². The smallest absolute Gasteiger partial charge is 0.138 e. The molecule has 0 spiro atoms. The minimum atomic E-state index is -0.540. The third-order valence-corrected chi connectivity index (χ3v) is 5.80. The fraction of sp³-hybridized carbons (Fsp3) is 0.200. The van der Waals surface area contributed by atoms with E-state index in [1.54, 1.807) is 11.3 Å². The van der Waals surface area contributed by atoms with Crippen LogP contribution < -0.4 is 0 Å². The second kappa shape index (κ2) is 5.71. The first-order chi connectivity index (χ1) is 12.6. The lowest BCUT2D eigenvalue weighted by Crippen LogP contribution is -1.98. The van der Waals surface area contributed by atoms with Gasteiger partial charge >= 0.3 is 0 Å². The van der Waals surface area contributed by atoms with Crippen molar-refractivity contribution in [2.24, 2.45) is 0 Å². The first-order valence-electron chi connectivity index (χ1n) is 8.51. The van der Waals surface area contributed by atoms with E-state index < -0.39 is 11.6 Å². The highest BCUT2D eigenvalue weighted by Gasteiger charge is 2.26. The fourth-order valence-electron chi connectivity index (χ4n) is 3.65. The summed E-state index contributed by atoms with van der Waals surface area (Å²) >= 11 is 1.58. The van der Waals surface area contributed by atoms with Crippen LogP contribution in [0.5, 0.6) is 0 Å². The molecule has 1 aliphatic heterocycles. The number of halogens is 2. The van der Waals surface area contributed by atoms with E-state index in [0.717, 1.165) is 46.7 Å². The molecule has 6 heteroatoms. The Morgan fingerprint density at radius 3 is 2.92 bits per heavy atom. The van der Waals surface area contributed by atoms with E-state index in [0.29, 0.717) is 11.3 Å². The summed E-state index contributed by atoms with van der Waals surface area (Å²) in [6, 6.07) is 8.86. The molecule has 130 valence electrons. The molecule has 0 atom stereocenters. The van der Waals surface area contributed by atoms with Crippen molar-refractivity contribution in [3.8, 4) is 22.5 Å². The van der Waals surface area contributed by atoms with Crippen LogP contribution in [0.1, 0.15) is 17.8 Å². The van der Waals surface area contributed by atoms with E-state index in [-0.39, 0.29) is 5.56 Å². The van der Waals surface area contributed by atoms with Gasteiger partial charge in [0.2, 0.25) is 0 Å². The molecule has 0 bridgehead atoms. The van der Waals surface area contributed by atoms with Crippen LogP contribution in [-0.2, 0) is 13.0 Å². The first-order valence-corrected chi connectivity index (χ1v) is 9.39. The van der Waals surface area contributed by atoms with Crippen LogP contribution in [0.3, 0.4) is 0 Å². The van der Waals surface area contributed by atoms with Crippen LogP contribution in [0.4, 0.5) is 8.78 Å². The molecule has 0 saturated heterocycles. The zero-order valence-corrected chi connectivity index (χ0v) is 14.9. The van der Waals surface area contributed by atoms with E-state index in [4.69, 9.17) is 4.98 Å². The second-order valence-electron chi connectivity index (χ2n) is 6.55. The lowest BCUT2D eigenvalue weighted by molar-refractivity contribution is 0.570. The number of thiazole rings is 1. The SMILES string of the molecule is Cc1c(F)ccc(-c2nc3n(c2-c2ccc4ncsc4c2)CCC3)c1F. The van der Waals surface area contributed by atoms with Crippen molar-refractivity contribution in [1.82, 2.24) is 14.5 Å². The zero-order valence-electron chi connectivity index (χ0n) is 14.1. The Kier molecular flexibility index (Phi) is 3.43. The summed E-state index contributed by atoms with van der Waals surface area (Å²) in [6.45, 7) is 2.32. The van der Waals surface area contributed by atoms with Crippen molar-refractivity contribution < 1.29 is 8.78 Å². The summed E-state index contributed by atoms with van der Waals surface area (Å²) in [7, 11) is 0. The maximum Gasteiger partial charge on any atom is 0.138 e. The van der Waals surface area contributed by atoms with Crippen molar-refractivity contribution in [2.75, 3.05) is 0 Å². The van der Waals surface area contributed by atoms with E-state index in [1.807, 2.05) is 17.6 Å². The van der Waals surface area contributed by atoms with E-state index in [2.05, 4.69) is 15.6 Å². The number of hydrogen-bond acceptors (Lipinski definition) is 3. The number of fused-ring (bicyclic) bond motifs is 2. The van der Waals surface area contributed by atoms with Gasteiger partial charge in [-0.1, -0.05) is 6.07 Å². The van der Waals surface area contributed by atoms with Crippen molar-refractivity contribution in [1.29, 1.82) is 0 Å². The normalized spacial score (nSPS) is 13.5. The molecule has 0 unspecified atom stereocenters. The van der Waals surface area contributed by atoms with Crippen LogP contribution in [-0.4, -0.2) is 14.5 Å². The molecule has 26 heavy (non-hydrogen) atoms. The fourth-order valence-corrected chi connectivity index (χ4v) is 4.37. The molecule has 3 nitrogen and oxygen atoms in total. The second-order valence-corrected chi connectivity index (χ2v) is 7.44. The molecule has 0 aliphatic carbocycles. The highest BCUT2D eigenvalue weighted by Crippen LogP contribution is 2.38. The minimum absolute atomic E-state index is 0.0273. The molecular formula is C20H15F2N3S. The van der Waals surface area contributed by atoms with Gasteiger partial charge in [-0.05, 0) is 37.6 Å². The van der Waals surface area contributed by atoms with Gasteiger partial charge in [0.05, 0.1) is 27.1 Å². The molecule has 3 heterocycles. The van der Waals surface area contributed by atoms with Gasteiger partial charge in [-0.3, -0.25) is 0 Å². The van der Waals surface area contributed by atoms with Crippen LogP contribution in [0.15, 0.2) is 35.8 Å². The third-order valence-electron chi connectivity index (χ3n) is 5.01. The molecule has 0 amide bonds. The van der Waals surface area contributed by atoms with Crippen molar-refractivity contribution >= 4 is 21.6 Å². The van der Waals surface area contributed by atoms with E-state index >= 15 is 0 Å². The molecule has 5 rings (SSSR count). The number of rotatable bonds is 2. The third kappa shape index (κ3) is 2.22. The van der Waals surface area contributed by atoms with Gasteiger partial charge in [-0.25, -0.2) is 18.7 Å². The van der Waals surface area contributed by atoms with Crippen LogP contribution in [0, 0.1) is 18.6 Å². The minimum Gasteiger partial charge on any atom is -0.327 e. The Morgan fingerprint density at radius 2 is 2.04 bits per heavy atom. The van der Waals surface area contributed by atoms with Crippen LogP contribution in [0.2, 0.25) is 0 Å². The van der Waals surface area contributed by atoms with Gasteiger partial charge in [0, 0.05) is 29.7 Å². The molecule has 0 radical (unpaired) electrons. The largest absolute Gasteiger partial charge is 0.327 e. The Labute approximate surface area is 153 Å². The summed E-state index contributed by atoms with van der Waals surface area (Å²) in [5.74, 6) is -0.117.